The van der Waals surface area contributed by atoms with E-state index in [-0.39, 0.29) is 0 Å². The highest BCUT2D eigenvalue weighted by Gasteiger charge is 1.77. The summed E-state index contributed by atoms with van der Waals surface area (Å²) in [6.07, 6.45) is 13.2. The van der Waals surface area contributed by atoms with E-state index in [1.54, 1.807) is 18.5 Å². The first-order valence-corrected chi connectivity index (χ1v) is 4.71. The minimum Gasteiger partial charge on any atom is -0.391 e. The van der Waals surface area contributed by atoms with Gasteiger partial charge in [-0.15, -0.1) is 11.8 Å². The van der Waals surface area contributed by atoms with Gasteiger partial charge in [-0.3, -0.25) is 0 Å². The summed E-state index contributed by atoms with van der Waals surface area (Å²) in [5.41, 5.74) is 2.52. The van der Waals surface area contributed by atoms with Gasteiger partial charge >= 0.3 is 0 Å². The molecule has 2 aliphatic rings. The summed E-state index contributed by atoms with van der Waals surface area (Å²) >= 11 is 1.83. The van der Waals surface area contributed by atoms with Gasteiger partial charge in [0, 0.05) is 12.0 Å². The van der Waals surface area contributed by atoms with E-state index in [1.807, 2.05) is 23.9 Å². The minimum atomic E-state index is 1.15. The second-order valence-corrected chi connectivity index (χ2v) is 2.95. The molecule has 0 radical (unpaired) electrons. The maximum Gasteiger partial charge on any atom is 0.119 e. The first-order chi connectivity index (χ1) is 6.00. The molecule has 0 saturated heterocycles. The first kappa shape index (κ1) is 9.00. The Hall–Kier alpha value is -1.09. The van der Waals surface area contributed by atoms with Crippen molar-refractivity contribution in [2.45, 2.75) is 0 Å². The molecule has 0 spiro atoms. The van der Waals surface area contributed by atoms with Crippen molar-refractivity contribution in [3.05, 3.63) is 48.3 Å². The van der Waals surface area contributed by atoms with Crippen molar-refractivity contribution in [2.75, 3.05) is 5.75 Å². The topological polar surface area (TPSA) is 21.3 Å². The van der Waals surface area contributed by atoms with Crippen LogP contribution < -0.4 is 5.48 Å². The standard InChI is InChI=1S/C5H6S.C4H5NO/c2*1-2-4-6-5-3-1/h1-4H,5H2;1-5H. The predicted octanol–water partition coefficient (Wildman–Crippen LogP) is 2.35. The molecule has 0 aromatic heterocycles. The lowest BCUT2D eigenvalue weighted by atomic mass is 10.5. The zero-order chi connectivity index (χ0) is 8.49. The van der Waals surface area contributed by atoms with E-state index in [0.29, 0.717) is 0 Å². The molecule has 0 amide bonds. The van der Waals surface area contributed by atoms with Crippen LogP contribution in [0.2, 0.25) is 0 Å². The highest BCUT2D eigenvalue weighted by Crippen LogP contribution is 2.05. The van der Waals surface area contributed by atoms with Crippen LogP contribution in [0.1, 0.15) is 0 Å². The molecule has 0 aromatic rings. The molecule has 2 aliphatic heterocycles. The summed E-state index contributed by atoms with van der Waals surface area (Å²) in [5, 5.41) is 2.10. The fourth-order valence-electron chi connectivity index (χ4n) is 0.604. The van der Waals surface area contributed by atoms with Gasteiger partial charge in [0.25, 0.3) is 0 Å². The monoisotopic (exact) mass is 181 g/mol. The Balaban J connectivity index is 0.000000120. The number of hydroxylamine groups is 1. The van der Waals surface area contributed by atoms with Gasteiger partial charge in [-0.25, -0.2) is 5.48 Å². The van der Waals surface area contributed by atoms with Crippen LogP contribution in [0, 0.1) is 0 Å². The molecule has 2 nitrogen and oxygen atoms in total. The summed E-state index contributed by atoms with van der Waals surface area (Å²) < 4.78 is 0. The number of thioether (sulfide) groups is 1. The van der Waals surface area contributed by atoms with Crippen LogP contribution in [0.3, 0.4) is 0 Å². The molecule has 1 N–H and O–H groups in total. The Morgan fingerprint density at radius 1 is 1.17 bits per heavy atom. The third-order valence-corrected chi connectivity index (χ3v) is 1.84. The van der Waals surface area contributed by atoms with Gasteiger partial charge in [0.1, 0.15) is 6.26 Å². The third kappa shape index (κ3) is 4.68. The largest absolute Gasteiger partial charge is 0.391 e. The molecule has 0 saturated carbocycles. The van der Waals surface area contributed by atoms with Crippen molar-refractivity contribution in [1.82, 2.24) is 5.48 Å². The van der Waals surface area contributed by atoms with Gasteiger partial charge < -0.3 is 4.84 Å². The van der Waals surface area contributed by atoms with Gasteiger partial charge in [-0.2, -0.15) is 0 Å². The van der Waals surface area contributed by atoms with Gasteiger partial charge in [0.15, 0.2) is 0 Å². The van der Waals surface area contributed by atoms with E-state index in [4.69, 9.17) is 0 Å². The number of hydrogen-bond donors (Lipinski definition) is 1. The molecule has 2 heterocycles. The second kappa shape index (κ2) is 6.61. The van der Waals surface area contributed by atoms with Crippen molar-refractivity contribution in [2.24, 2.45) is 0 Å². The Morgan fingerprint density at radius 3 is 2.33 bits per heavy atom. The number of rotatable bonds is 0. The molecule has 0 bridgehead atoms. The fraction of sp³-hybridized carbons (Fsp3) is 0.111. The maximum absolute atomic E-state index is 4.55. The van der Waals surface area contributed by atoms with Crippen molar-refractivity contribution < 1.29 is 4.84 Å². The van der Waals surface area contributed by atoms with E-state index in [2.05, 4.69) is 27.9 Å². The third-order valence-electron chi connectivity index (χ3n) is 1.10. The predicted molar refractivity (Wildman–Crippen MR) is 53.2 cm³/mol. The highest BCUT2D eigenvalue weighted by molar-refractivity contribution is 8.02. The van der Waals surface area contributed by atoms with Gasteiger partial charge in [-0.05, 0) is 17.6 Å². The van der Waals surface area contributed by atoms with E-state index in [0.717, 1.165) is 5.75 Å². The Labute approximate surface area is 76.6 Å². The first-order valence-electron chi connectivity index (χ1n) is 3.66. The average molecular weight is 181 g/mol. The zero-order valence-corrected chi connectivity index (χ0v) is 7.46. The Morgan fingerprint density at radius 2 is 2.17 bits per heavy atom. The molecule has 12 heavy (non-hydrogen) atoms. The maximum atomic E-state index is 4.55. The lowest BCUT2D eigenvalue weighted by Gasteiger charge is -1.97. The molecule has 2 rings (SSSR count). The quantitative estimate of drug-likeness (QED) is 0.620. The SMILES string of the molecule is C1=CCSC=C1.C1=CNOC=C1. The summed E-state index contributed by atoms with van der Waals surface area (Å²) in [6, 6.07) is 0. The van der Waals surface area contributed by atoms with Gasteiger partial charge in [0.05, 0.1) is 0 Å². The Kier molecular flexibility index (Phi) is 4.96. The lowest BCUT2D eigenvalue weighted by molar-refractivity contribution is 0.172. The highest BCUT2D eigenvalue weighted by atomic mass is 32.2. The van der Waals surface area contributed by atoms with Gasteiger partial charge in [-0.1, -0.05) is 18.2 Å². The smallest absolute Gasteiger partial charge is 0.119 e. The van der Waals surface area contributed by atoms with Crippen molar-refractivity contribution in [3.8, 4) is 0 Å². The number of allylic oxidation sites excluding steroid dienone is 4. The van der Waals surface area contributed by atoms with Crippen molar-refractivity contribution in [3.63, 3.8) is 0 Å². The fourth-order valence-corrected chi connectivity index (χ4v) is 1.14. The van der Waals surface area contributed by atoms with Crippen LogP contribution in [-0.4, -0.2) is 5.75 Å². The van der Waals surface area contributed by atoms with Gasteiger partial charge in [0.2, 0.25) is 0 Å². The molecule has 0 fully saturated rings. The van der Waals surface area contributed by atoms with Crippen molar-refractivity contribution >= 4 is 11.8 Å². The van der Waals surface area contributed by atoms with E-state index in [9.17, 15) is 0 Å². The van der Waals surface area contributed by atoms with Crippen LogP contribution in [0.5, 0.6) is 0 Å². The molecule has 0 aromatic carbocycles. The lowest BCUT2D eigenvalue weighted by Crippen LogP contribution is -2.01. The molecule has 64 valence electrons. The average Bonchev–Trinajstić information content (AvgIpc) is 2.24. The summed E-state index contributed by atoms with van der Waals surface area (Å²) in [6.45, 7) is 0. The molecule has 0 unspecified atom stereocenters. The van der Waals surface area contributed by atoms with Crippen LogP contribution in [0.4, 0.5) is 0 Å². The van der Waals surface area contributed by atoms with Crippen molar-refractivity contribution in [1.29, 1.82) is 0 Å². The van der Waals surface area contributed by atoms with E-state index >= 15 is 0 Å². The molecule has 0 aliphatic carbocycles. The molecule has 3 heteroatoms. The van der Waals surface area contributed by atoms with Crippen LogP contribution >= 0.6 is 11.8 Å². The van der Waals surface area contributed by atoms with E-state index < -0.39 is 0 Å². The van der Waals surface area contributed by atoms with E-state index in [1.165, 1.54) is 0 Å². The molecular weight excluding hydrogens is 170 g/mol. The normalized spacial score (nSPS) is 17.3. The van der Waals surface area contributed by atoms with Crippen LogP contribution in [0.15, 0.2) is 48.3 Å². The van der Waals surface area contributed by atoms with Crippen LogP contribution in [0.25, 0.3) is 0 Å². The zero-order valence-electron chi connectivity index (χ0n) is 6.64. The molecular formula is C9H11NOS. The summed E-state index contributed by atoms with van der Waals surface area (Å²) in [4.78, 5) is 4.55. The second-order valence-electron chi connectivity index (χ2n) is 2.01. The Bertz CT molecular complexity index is 171. The summed E-state index contributed by atoms with van der Waals surface area (Å²) in [7, 11) is 0. The number of hydrogen-bond acceptors (Lipinski definition) is 3. The number of nitrogens with one attached hydrogen (secondary N) is 1. The minimum absolute atomic E-state index is 1.15. The van der Waals surface area contributed by atoms with Crippen LogP contribution in [-0.2, 0) is 4.84 Å². The molecule has 0 atom stereocenters. The summed E-state index contributed by atoms with van der Waals surface area (Å²) in [5.74, 6) is 1.15.